The van der Waals surface area contributed by atoms with Crippen LogP contribution in [0.5, 0.6) is 0 Å². The summed E-state index contributed by atoms with van der Waals surface area (Å²) in [5, 5.41) is 2.42. The molecule has 0 saturated heterocycles. The van der Waals surface area contributed by atoms with Gasteiger partial charge in [-0.1, -0.05) is 71.9 Å². The lowest BCUT2D eigenvalue weighted by atomic mass is 10.1. The smallest absolute Gasteiger partial charge is 0.0479 e. The van der Waals surface area contributed by atoms with Gasteiger partial charge in [0.2, 0.25) is 0 Å². The van der Waals surface area contributed by atoms with Crippen molar-refractivity contribution in [1.29, 1.82) is 0 Å². The minimum absolute atomic E-state index is 0. The van der Waals surface area contributed by atoms with Crippen molar-refractivity contribution in [3.8, 4) is 0 Å². The fraction of sp³-hybridized carbons (Fsp3) is 0.143. The maximum Gasteiger partial charge on any atom is 0.0479 e. The van der Waals surface area contributed by atoms with E-state index in [0.29, 0.717) is 0 Å². The fourth-order valence-electron chi connectivity index (χ4n) is 2.65. The highest BCUT2D eigenvalue weighted by Gasteiger charge is 2.15. The van der Waals surface area contributed by atoms with Gasteiger partial charge in [-0.15, -0.1) is 11.3 Å². The van der Waals surface area contributed by atoms with Crippen molar-refractivity contribution < 1.29 is 0 Å². The van der Waals surface area contributed by atoms with Crippen LogP contribution in [0.25, 0.3) is 45.3 Å². The molecule has 0 aliphatic carbocycles. The number of nitrogens with one attached hydrogen (secondary N) is 1. The van der Waals surface area contributed by atoms with Crippen LogP contribution in [0, 0.1) is 0 Å². The second-order valence-corrected chi connectivity index (χ2v) is 5.57. The Morgan fingerprint density at radius 2 is 1.57 bits per heavy atom. The summed E-state index contributed by atoms with van der Waals surface area (Å²) in [5.74, 6) is 0. The van der Waals surface area contributed by atoms with E-state index in [4.69, 9.17) is 0 Å². The van der Waals surface area contributed by atoms with Gasteiger partial charge in [-0.25, -0.2) is 0 Å². The summed E-state index contributed by atoms with van der Waals surface area (Å²) in [6.07, 6.45) is 7.51. The molecule has 3 aromatic rings. The first-order valence-corrected chi connectivity index (χ1v) is 8.17. The molecule has 0 atom stereocenters. The fourth-order valence-corrected chi connectivity index (χ4v) is 3.87. The number of hydrogen-bond acceptors (Lipinski definition) is 1. The SMILES string of the molecule is C.C=Cc1[nH]c2ccc3c(C=C)c(C=C)sc3c2c1C=C.CC. The molecule has 2 heteroatoms. The Morgan fingerprint density at radius 1 is 0.913 bits per heavy atom. The average Bonchev–Trinajstić information content (AvgIpc) is 3.12. The molecule has 1 nitrogen and oxygen atoms in total. The van der Waals surface area contributed by atoms with Gasteiger partial charge in [-0.05, 0) is 17.7 Å². The Hall–Kier alpha value is -2.32. The third kappa shape index (κ3) is 2.82. The summed E-state index contributed by atoms with van der Waals surface area (Å²) < 4.78 is 1.24. The summed E-state index contributed by atoms with van der Waals surface area (Å²) in [4.78, 5) is 4.54. The summed E-state index contributed by atoms with van der Waals surface area (Å²) >= 11 is 1.74. The van der Waals surface area contributed by atoms with Crippen LogP contribution < -0.4 is 0 Å². The predicted molar refractivity (Wildman–Crippen MR) is 112 cm³/mol. The number of fused-ring (bicyclic) bond motifs is 3. The molecular weight excluding hydrogens is 298 g/mol. The van der Waals surface area contributed by atoms with E-state index in [1.165, 1.54) is 15.5 Å². The van der Waals surface area contributed by atoms with Crippen LogP contribution in [0.3, 0.4) is 0 Å². The minimum Gasteiger partial charge on any atom is -0.354 e. The maximum atomic E-state index is 3.93. The van der Waals surface area contributed by atoms with Crippen LogP contribution in [0.2, 0.25) is 0 Å². The molecule has 23 heavy (non-hydrogen) atoms. The standard InChI is InChI=1S/C18H15NS.C2H6.CH4/c1-5-11-13-9-10-15-17(18(13)20-16(11)8-4)12(6-2)14(7-3)19-15;1-2;/h5-10,19H,1-4H2;1-2H3;1H4. The van der Waals surface area contributed by atoms with Crippen LogP contribution in [0.15, 0.2) is 38.4 Å². The van der Waals surface area contributed by atoms with Crippen molar-refractivity contribution in [2.24, 2.45) is 0 Å². The Kier molecular flexibility index (Phi) is 6.35. The lowest BCUT2D eigenvalue weighted by Gasteiger charge is -1.96. The van der Waals surface area contributed by atoms with Crippen molar-refractivity contribution >= 4 is 56.6 Å². The average molecular weight is 324 g/mol. The van der Waals surface area contributed by atoms with E-state index in [1.807, 2.05) is 38.2 Å². The molecular formula is C21H25NS. The van der Waals surface area contributed by atoms with Gasteiger partial charge in [0.25, 0.3) is 0 Å². The minimum atomic E-state index is 0. The van der Waals surface area contributed by atoms with Gasteiger partial charge < -0.3 is 4.98 Å². The second-order valence-electron chi connectivity index (χ2n) is 4.51. The Morgan fingerprint density at radius 3 is 2.09 bits per heavy atom. The van der Waals surface area contributed by atoms with Gasteiger partial charge in [-0.2, -0.15) is 0 Å². The van der Waals surface area contributed by atoms with E-state index in [-0.39, 0.29) is 7.43 Å². The van der Waals surface area contributed by atoms with E-state index < -0.39 is 0 Å². The highest BCUT2D eigenvalue weighted by Crippen LogP contribution is 2.40. The molecule has 0 spiro atoms. The summed E-state index contributed by atoms with van der Waals surface area (Å²) in [7, 11) is 0. The third-order valence-electron chi connectivity index (χ3n) is 3.55. The first-order valence-electron chi connectivity index (χ1n) is 7.36. The van der Waals surface area contributed by atoms with Crippen molar-refractivity contribution in [1.82, 2.24) is 4.98 Å². The molecule has 0 amide bonds. The quantitative estimate of drug-likeness (QED) is 0.508. The van der Waals surface area contributed by atoms with Crippen LogP contribution in [0.1, 0.15) is 43.0 Å². The van der Waals surface area contributed by atoms with E-state index in [9.17, 15) is 0 Å². The molecule has 120 valence electrons. The zero-order chi connectivity index (χ0) is 16.3. The molecule has 0 radical (unpaired) electrons. The molecule has 1 aromatic carbocycles. The Labute approximate surface area is 143 Å². The van der Waals surface area contributed by atoms with Crippen LogP contribution in [-0.2, 0) is 0 Å². The molecule has 0 bridgehead atoms. The molecule has 0 fully saturated rings. The zero-order valence-electron chi connectivity index (χ0n) is 13.2. The lowest BCUT2D eigenvalue weighted by Crippen LogP contribution is -1.74. The topological polar surface area (TPSA) is 15.8 Å². The molecule has 0 saturated carbocycles. The summed E-state index contributed by atoms with van der Waals surface area (Å²) in [6.45, 7) is 19.6. The number of benzene rings is 1. The van der Waals surface area contributed by atoms with Crippen molar-refractivity contribution in [2.45, 2.75) is 21.3 Å². The van der Waals surface area contributed by atoms with Crippen LogP contribution in [-0.4, -0.2) is 4.98 Å². The number of rotatable bonds is 4. The number of H-pyrrole nitrogens is 1. The molecule has 3 rings (SSSR count). The summed E-state index contributed by atoms with van der Waals surface area (Å²) in [5.41, 5.74) is 4.37. The van der Waals surface area contributed by atoms with Gasteiger partial charge in [0.1, 0.15) is 0 Å². The lowest BCUT2D eigenvalue weighted by molar-refractivity contribution is 1.43. The molecule has 2 aromatic heterocycles. The van der Waals surface area contributed by atoms with Gasteiger partial charge in [0.15, 0.2) is 0 Å². The number of hydrogen-bond donors (Lipinski definition) is 1. The van der Waals surface area contributed by atoms with Crippen molar-refractivity contribution in [3.63, 3.8) is 0 Å². The summed E-state index contributed by atoms with van der Waals surface area (Å²) in [6, 6.07) is 4.23. The number of aromatic nitrogens is 1. The first-order chi connectivity index (χ1) is 10.7. The largest absolute Gasteiger partial charge is 0.354 e. The zero-order valence-corrected chi connectivity index (χ0v) is 14.0. The highest BCUT2D eigenvalue weighted by molar-refractivity contribution is 7.21. The number of thiophene rings is 1. The predicted octanol–water partition coefficient (Wildman–Crippen LogP) is 7.62. The number of aromatic amines is 1. The highest BCUT2D eigenvalue weighted by atomic mass is 32.1. The third-order valence-corrected chi connectivity index (χ3v) is 4.79. The van der Waals surface area contributed by atoms with E-state index in [1.54, 1.807) is 11.3 Å². The van der Waals surface area contributed by atoms with E-state index >= 15 is 0 Å². The van der Waals surface area contributed by atoms with Crippen LogP contribution in [0.4, 0.5) is 0 Å². The Balaban J connectivity index is 0.000000849. The molecule has 1 N–H and O–H groups in total. The van der Waals surface area contributed by atoms with E-state index in [0.717, 1.165) is 27.2 Å². The molecule has 0 aliphatic heterocycles. The maximum absolute atomic E-state index is 3.93. The van der Waals surface area contributed by atoms with E-state index in [2.05, 4.69) is 43.4 Å². The monoisotopic (exact) mass is 323 g/mol. The normalized spacial score (nSPS) is 9.65. The van der Waals surface area contributed by atoms with Crippen LogP contribution >= 0.6 is 11.3 Å². The van der Waals surface area contributed by atoms with Crippen molar-refractivity contribution in [3.05, 3.63) is 60.1 Å². The first kappa shape index (κ1) is 18.7. The Bertz CT molecular complexity index is 874. The van der Waals surface area contributed by atoms with Gasteiger partial charge in [-0.3, -0.25) is 0 Å². The molecule has 2 heterocycles. The second kappa shape index (κ2) is 7.80. The van der Waals surface area contributed by atoms with Gasteiger partial charge >= 0.3 is 0 Å². The van der Waals surface area contributed by atoms with Crippen molar-refractivity contribution in [2.75, 3.05) is 0 Å². The molecule has 0 unspecified atom stereocenters. The van der Waals surface area contributed by atoms with Gasteiger partial charge in [0, 0.05) is 37.1 Å². The molecule has 0 aliphatic rings. The van der Waals surface area contributed by atoms with Gasteiger partial charge in [0.05, 0.1) is 0 Å².